The Morgan fingerprint density at radius 1 is 1.25 bits per heavy atom. The topological polar surface area (TPSA) is 39.8 Å². The van der Waals surface area contributed by atoms with Crippen LogP contribution in [0.25, 0.3) is 0 Å². The molecule has 16 heavy (non-hydrogen) atoms. The van der Waals surface area contributed by atoms with Crippen LogP contribution in [0.1, 0.15) is 12.0 Å². The number of hydrogen-bond donors (Lipinski definition) is 0. The SMILES string of the molecule is Cn1cnn(CCCc2ccccc2)c1=O. The van der Waals surface area contributed by atoms with Crippen molar-refractivity contribution in [2.75, 3.05) is 0 Å². The van der Waals surface area contributed by atoms with Crippen LogP contribution >= 0.6 is 0 Å². The Bertz CT molecular complexity index is 498. The fourth-order valence-electron chi connectivity index (χ4n) is 1.65. The molecule has 1 aromatic heterocycles. The van der Waals surface area contributed by atoms with Crippen LogP contribution in [0.4, 0.5) is 0 Å². The van der Waals surface area contributed by atoms with E-state index in [0.29, 0.717) is 6.54 Å². The van der Waals surface area contributed by atoms with Crippen molar-refractivity contribution < 1.29 is 0 Å². The Balaban J connectivity index is 1.90. The molecular formula is C12H15N3O. The van der Waals surface area contributed by atoms with E-state index in [1.54, 1.807) is 13.4 Å². The Morgan fingerprint density at radius 2 is 2.00 bits per heavy atom. The fraction of sp³-hybridized carbons (Fsp3) is 0.333. The molecule has 0 unspecified atom stereocenters. The van der Waals surface area contributed by atoms with Gasteiger partial charge in [-0.05, 0) is 18.4 Å². The van der Waals surface area contributed by atoms with E-state index in [-0.39, 0.29) is 5.69 Å². The van der Waals surface area contributed by atoms with Crippen molar-refractivity contribution in [3.8, 4) is 0 Å². The van der Waals surface area contributed by atoms with Crippen molar-refractivity contribution in [2.24, 2.45) is 7.05 Å². The largest absolute Gasteiger partial charge is 0.345 e. The van der Waals surface area contributed by atoms with Gasteiger partial charge in [0.1, 0.15) is 6.33 Å². The summed E-state index contributed by atoms with van der Waals surface area (Å²) in [6, 6.07) is 10.3. The number of hydrogen-bond acceptors (Lipinski definition) is 2. The van der Waals surface area contributed by atoms with Crippen molar-refractivity contribution in [2.45, 2.75) is 19.4 Å². The van der Waals surface area contributed by atoms with Crippen LogP contribution in [0, 0.1) is 0 Å². The zero-order chi connectivity index (χ0) is 11.4. The predicted molar refractivity (Wildman–Crippen MR) is 62.2 cm³/mol. The first-order valence-electron chi connectivity index (χ1n) is 5.40. The maximum atomic E-state index is 11.5. The molecule has 0 N–H and O–H groups in total. The Hall–Kier alpha value is -1.84. The highest BCUT2D eigenvalue weighted by molar-refractivity contribution is 5.14. The molecular weight excluding hydrogens is 202 g/mol. The molecule has 84 valence electrons. The molecule has 4 nitrogen and oxygen atoms in total. The van der Waals surface area contributed by atoms with Gasteiger partial charge in [0.15, 0.2) is 0 Å². The molecule has 2 rings (SSSR count). The summed E-state index contributed by atoms with van der Waals surface area (Å²) in [5.41, 5.74) is 1.25. The van der Waals surface area contributed by atoms with Crippen molar-refractivity contribution in [1.29, 1.82) is 0 Å². The van der Waals surface area contributed by atoms with Gasteiger partial charge in [-0.25, -0.2) is 9.48 Å². The maximum Gasteiger partial charge on any atom is 0.345 e. The lowest BCUT2D eigenvalue weighted by atomic mass is 10.1. The van der Waals surface area contributed by atoms with Gasteiger partial charge in [0.05, 0.1) is 0 Å². The molecule has 0 radical (unpaired) electrons. The molecule has 0 saturated heterocycles. The molecule has 0 aliphatic carbocycles. The van der Waals surface area contributed by atoms with Crippen LogP contribution in [0.15, 0.2) is 41.5 Å². The summed E-state index contributed by atoms with van der Waals surface area (Å²) >= 11 is 0. The van der Waals surface area contributed by atoms with Crippen molar-refractivity contribution >= 4 is 0 Å². The van der Waals surface area contributed by atoms with Gasteiger partial charge in [-0.2, -0.15) is 5.10 Å². The average Bonchev–Trinajstić information content (AvgIpc) is 2.62. The van der Waals surface area contributed by atoms with Crippen LogP contribution in [-0.4, -0.2) is 14.3 Å². The first-order chi connectivity index (χ1) is 7.77. The lowest BCUT2D eigenvalue weighted by Gasteiger charge is -2.00. The normalized spacial score (nSPS) is 10.6. The van der Waals surface area contributed by atoms with Gasteiger partial charge >= 0.3 is 5.69 Å². The fourth-order valence-corrected chi connectivity index (χ4v) is 1.65. The predicted octanol–water partition coefficient (Wildman–Crippen LogP) is 1.21. The second-order valence-corrected chi connectivity index (χ2v) is 3.84. The number of aryl methyl sites for hydroxylation is 3. The molecule has 2 aromatic rings. The summed E-state index contributed by atoms with van der Waals surface area (Å²) in [5, 5.41) is 4.01. The van der Waals surface area contributed by atoms with Crippen LogP contribution in [0.2, 0.25) is 0 Å². The number of nitrogens with zero attached hydrogens (tertiary/aromatic N) is 3. The molecule has 1 aromatic carbocycles. The van der Waals surface area contributed by atoms with Crippen molar-refractivity contribution in [3.63, 3.8) is 0 Å². The molecule has 0 saturated carbocycles. The van der Waals surface area contributed by atoms with Crippen LogP contribution < -0.4 is 5.69 Å². The number of aromatic nitrogens is 3. The van der Waals surface area contributed by atoms with Gasteiger partial charge < -0.3 is 0 Å². The zero-order valence-corrected chi connectivity index (χ0v) is 9.34. The summed E-state index contributed by atoms with van der Waals surface area (Å²) < 4.78 is 2.99. The third kappa shape index (κ3) is 2.39. The highest BCUT2D eigenvalue weighted by Gasteiger charge is 2.00. The summed E-state index contributed by atoms with van der Waals surface area (Å²) in [7, 11) is 1.71. The van der Waals surface area contributed by atoms with E-state index in [0.717, 1.165) is 12.8 Å². The quantitative estimate of drug-likeness (QED) is 0.772. The number of benzene rings is 1. The van der Waals surface area contributed by atoms with Gasteiger partial charge in [0.25, 0.3) is 0 Å². The monoisotopic (exact) mass is 217 g/mol. The van der Waals surface area contributed by atoms with Crippen LogP contribution in [-0.2, 0) is 20.0 Å². The van der Waals surface area contributed by atoms with E-state index in [9.17, 15) is 4.79 Å². The molecule has 4 heteroatoms. The Kier molecular flexibility index (Phi) is 3.19. The molecule has 0 aliphatic heterocycles. The number of rotatable bonds is 4. The van der Waals surface area contributed by atoms with Gasteiger partial charge in [-0.15, -0.1) is 0 Å². The van der Waals surface area contributed by atoms with Crippen LogP contribution in [0.3, 0.4) is 0 Å². The van der Waals surface area contributed by atoms with Crippen molar-refractivity contribution in [1.82, 2.24) is 14.3 Å². The van der Waals surface area contributed by atoms with Crippen molar-refractivity contribution in [3.05, 3.63) is 52.7 Å². The van der Waals surface area contributed by atoms with Gasteiger partial charge in [0, 0.05) is 13.6 Å². The molecule has 0 fully saturated rings. The average molecular weight is 217 g/mol. The second-order valence-electron chi connectivity index (χ2n) is 3.84. The van der Waals surface area contributed by atoms with E-state index in [2.05, 4.69) is 17.2 Å². The first kappa shape index (κ1) is 10.7. The Morgan fingerprint density at radius 3 is 2.62 bits per heavy atom. The lowest BCUT2D eigenvalue weighted by Crippen LogP contribution is -2.23. The van der Waals surface area contributed by atoms with E-state index in [1.807, 2.05) is 18.2 Å². The smallest absolute Gasteiger partial charge is 0.285 e. The minimum Gasteiger partial charge on any atom is -0.285 e. The third-order valence-electron chi connectivity index (χ3n) is 2.56. The Labute approximate surface area is 94.1 Å². The zero-order valence-electron chi connectivity index (χ0n) is 9.34. The highest BCUT2D eigenvalue weighted by atomic mass is 16.2. The molecule has 0 amide bonds. The maximum absolute atomic E-state index is 11.5. The van der Waals surface area contributed by atoms with E-state index in [1.165, 1.54) is 14.8 Å². The van der Waals surface area contributed by atoms with Crippen LogP contribution in [0.5, 0.6) is 0 Å². The summed E-state index contributed by atoms with van der Waals surface area (Å²) in [6.45, 7) is 0.675. The lowest BCUT2D eigenvalue weighted by molar-refractivity contribution is 0.554. The molecule has 1 heterocycles. The molecule has 0 bridgehead atoms. The molecule has 0 spiro atoms. The second kappa shape index (κ2) is 4.79. The molecule has 0 aliphatic rings. The van der Waals surface area contributed by atoms with Gasteiger partial charge in [-0.1, -0.05) is 30.3 Å². The van der Waals surface area contributed by atoms with Gasteiger partial charge in [-0.3, -0.25) is 4.57 Å². The standard InChI is InChI=1S/C12H15N3O/c1-14-10-13-15(12(14)16)9-5-8-11-6-3-2-4-7-11/h2-4,6-7,10H,5,8-9H2,1H3. The summed E-state index contributed by atoms with van der Waals surface area (Å²) in [4.78, 5) is 11.5. The first-order valence-corrected chi connectivity index (χ1v) is 5.40. The third-order valence-corrected chi connectivity index (χ3v) is 2.56. The summed E-state index contributed by atoms with van der Waals surface area (Å²) in [5.74, 6) is 0. The van der Waals surface area contributed by atoms with Gasteiger partial charge in [0.2, 0.25) is 0 Å². The summed E-state index contributed by atoms with van der Waals surface area (Å²) in [6.07, 6.45) is 3.45. The highest BCUT2D eigenvalue weighted by Crippen LogP contribution is 2.02. The van der Waals surface area contributed by atoms with E-state index >= 15 is 0 Å². The van der Waals surface area contributed by atoms with E-state index < -0.39 is 0 Å². The minimum absolute atomic E-state index is 0.0481. The van der Waals surface area contributed by atoms with E-state index in [4.69, 9.17) is 0 Å². The minimum atomic E-state index is -0.0481. The molecule has 0 atom stereocenters.